The Morgan fingerprint density at radius 1 is 1.41 bits per heavy atom. The van der Waals surface area contributed by atoms with E-state index in [2.05, 4.69) is 10.1 Å². The number of halogens is 1. The summed E-state index contributed by atoms with van der Waals surface area (Å²) in [5.41, 5.74) is 2.48. The smallest absolute Gasteiger partial charge is 0.132 e. The van der Waals surface area contributed by atoms with Crippen molar-refractivity contribution in [1.82, 2.24) is 14.8 Å². The van der Waals surface area contributed by atoms with Gasteiger partial charge in [-0.3, -0.25) is 9.67 Å². The molecule has 0 spiro atoms. The van der Waals surface area contributed by atoms with Crippen molar-refractivity contribution in [3.8, 4) is 0 Å². The number of aliphatic hydroxyl groups excluding tert-OH is 1. The molecule has 2 rings (SSSR count). The summed E-state index contributed by atoms with van der Waals surface area (Å²) in [5, 5.41) is 14.9. The van der Waals surface area contributed by atoms with E-state index in [1.807, 2.05) is 19.1 Å². The van der Waals surface area contributed by atoms with Crippen LogP contribution in [0.1, 0.15) is 22.9 Å². The van der Waals surface area contributed by atoms with Crippen molar-refractivity contribution in [2.45, 2.75) is 19.4 Å². The Hall–Kier alpha value is -1.39. The van der Waals surface area contributed by atoms with Crippen LogP contribution in [0.5, 0.6) is 0 Å². The first-order chi connectivity index (χ1) is 8.09. The minimum Gasteiger partial charge on any atom is -0.388 e. The molecule has 0 aliphatic rings. The molecule has 0 amide bonds. The Bertz CT molecular complexity index is 510. The van der Waals surface area contributed by atoms with Crippen molar-refractivity contribution in [1.29, 1.82) is 0 Å². The summed E-state index contributed by atoms with van der Waals surface area (Å²) in [5.74, 6) is 0. The second-order valence-electron chi connectivity index (χ2n) is 3.99. The van der Waals surface area contributed by atoms with E-state index in [4.69, 9.17) is 11.6 Å². The molecule has 0 saturated carbocycles. The third-order valence-electron chi connectivity index (χ3n) is 2.71. The first kappa shape index (κ1) is 12.1. The average molecular weight is 252 g/mol. The van der Waals surface area contributed by atoms with Gasteiger partial charge in [-0.1, -0.05) is 11.6 Å². The highest BCUT2D eigenvalue weighted by Gasteiger charge is 2.19. The Kier molecular flexibility index (Phi) is 3.45. The molecule has 0 aliphatic heterocycles. The fourth-order valence-electron chi connectivity index (χ4n) is 1.87. The number of nitrogens with zero attached hydrogens (tertiary/aromatic N) is 3. The predicted octanol–water partition coefficient (Wildman–Crippen LogP) is 2.05. The lowest BCUT2D eigenvalue weighted by Gasteiger charge is -2.10. The van der Waals surface area contributed by atoms with E-state index in [1.54, 1.807) is 24.1 Å². The van der Waals surface area contributed by atoms with Gasteiger partial charge in [0, 0.05) is 31.4 Å². The molecule has 17 heavy (non-hydrogen) atoms. The Labute approximate surface area is 105 Å². The lowest BCUT2D eigenvalue weighted by atomic mass is 10.0. The summed E-state index contributed by atoms with van der Waals surface area (Å²) >= 11 is 6.10. The van der Waals surface area contributed by atoms with Crippen LogP contribution in [0.25, 0.3) is 0 Å². The van der Waals surface area contributed by atoms with Crippen LogP contribution in [0.2, 0.25) is 5.15 Å². The first-order valence-electron chi connectivity index (χ1n) is 5.35. The van der Waals surface area contributed by atoms with Gasteiger partial charge in [-0.15, -0.1) is 0 Å². The monoisotopic (exact) mass is 251 g/mol. The summed E-state index contributed by atoms with van der Waals surface area (Å²) in [6.45, 7) is 1.84. The standard InChI is InChI=1S/C12H14ClN3O/c1-8-11(12(13)16(2)15-8)10(17)7-9-3-5-14-6-4-9/h3-6,10,17H,7H2,1-2H3. The molecule has 1 N–H and O–H groups in total. The number of rotatable bonds is 3. The quantitative estimate of drug-likeness (QED) is 0.908. The Balaban J connectivity index is 2.23. The van der Waals surface area contributed by atoms with Crippen LogP contribution < -0.4 is 0 Å². The summed E-state index contributed by atoms with van der Waals surface area (Å²) in [6.07, 6.45) is 3.28. The number of pyridine rings is 1. The number of hydrogen-bond donors (Lipinski definition) is 1. The predicted molar refractivity (Wildman–Crippen MR) is 65.9 cm³/mol. The van der Waals surface area contributed by atoms with Gasteiger partial charge in [0.05, 0.1) is 11.8 Å². The van der Waals surface area contributed by atoms with Crippen LogP contribution in [-0.4, -0.2) is 19.9 Å². The van der Waals surface area contributed by atoms with Crippen molar-refractivity contribution in [2.24, 2.45) is 7.05 Å². The fraction of sp³-hybridized carbons (Fsp3) is 0.333. The van der Waals surface area contributed by atoms with E-state index in [-0.39, 0.29) is 0 Å². The van der Waals surface area contributed by atoms with E-state index in [9.17, 15) is 5.11 Å². The van der Waals surface area contributed by atoms with E-state index in [0.717, 1.165) is 11.3 Å². The van der Waals surface area contributed by atoms with Gasteiger partial charge in [-0.05, 0) is 24.6 Å². The highest BCUT2D eigenvalue weighted by Crippen LogP contribution is 2.27. The molecule has 0 aromatic carbocycles. The maximum Gasteiger partial charge on any atom is 0.132 e. The van der Waals surface area contributed by atoms with Gasteiger partial charge in [-0.2, -0.15) is 5.10 Å². The summed E-state index contributed by atoms with van der Waals surface area (Å²) in [6, 6.07) is 3.76. The van der Waals surface area contributed by atoms with E-state index in [1.165, 1.54) is 0 Å². The maximum atomic E-state index is 10.2. The highest BCUT2D eigenvalue weighted by atomic mass is 35.5. The number of aryl methyl sites for hydroxylation is 2. The molecule has 2 heterocycles. The molecule has 2 aromatic rings. The maximum absolute atomic E-state index is 10.2. The fourth-order valence-corrected chi connectivity index (χ4v) is 2.17. The molecular weight excluding hydrogens is 238 g/mol. The molecule has 1 unspecified atom stereocenters. The summed E-state index contributed by atoms with van der Waals surface area (Å²) in [7, 11) is 1.76. The van der Waals surface area contributed by atoms with Crippen LogP contribution in [0.15, 0.2) is 24.5 Å². The van der Waals surface area contributed by atoms with Crippen LogP contribution >= 0.6 is 11.6 Å². The van der Waals surface area contributed by atoms with Crippen LogP contribution in [0.4, 0.5) is 0 Å². The molecule has 0 bridgehead atoms. The van der Waals surface area contributed by atoms with Gasteiger partial charge in [0.2, 0.25) is 0 Å². The topological polar surface area (TPSA) is 50.9 Å². The third kappa shape index (κ3) is 2.48. The second kappa shape index (κ2) is 4.85. The van der Waals surface area contributed by atoms with Crippen molar-refractivity contribution in [3.05, 3.63) is 46.5 Å². The van der Waals surface area contributed by atoms with Crippen molar-refractivity contribution >= 4 is 11.6 Å². The van der Waals surface area contributed by atoms with Crippen molar-refractivity contribution < 1.29 is 5.11 Å². The molecule has 4 nitrogen and oxygen atoms in total. The van der Waals surface area contributed by atoms with Crippen LogP contribution in [0.3, 0.4) is 0 Å². The van der Waals surface area contributed by atoms with Crippen LogP contribution in [-0.2, 0) is 13.5 Å². The third-order valence-corrected chi connectivity index (χ3v) is 3.16. The second-order valence-corrected chi connectivity index (χ2v) is 4.35. The Morgan fingerprint density at radius 2 is 2.06 bits per heavy atom. The van der Waals surface area contributed by atoms with E-state index >= 15 is 0 Å². The molecule has 0 saturated heterocycles. The van der Waals surface area contributed by atoms with Gasteiger partial charge in [0.15, 0.2) is 0 Å². The highest BCUT2D eigenvalue weighted by molar-refractivity contribution is 6.30. The largest absolute Gasteiger partial charge is 0.388 e. The van der Waals surface area contributed by atoms with Gasteiger partial charge < -0.3 is 5.11 Å². The molecule has 0 radical (unpaired) electrons. The lowest BCUT2D eigenvalue weighted by Crippen LogP contribution is -2.03. The molecule has 0 aliphatic carbocycles. The molecular formula is C12H14ClN3O. The number of hydrogen-bond acceptors (Lipinski definition) is 3. The van der Waals surface area contributed by atoms with Gasteiger partial charge in [-0.25, -0.2) is 0 Å². The summed E-state index contributed by atoms with van der Waals surface area (Å²) in [4.78, 5) is 3.94. The van der Waals surface area contributed by atoms with E-state index < -0.39 is 6.10 Å². The van der Waals surface area contributed by atoms with Gasteiger partial charge in [0.25, 0.3) is 0 Å². The van der Waals surface area contributed by atoms with Crippen molar-refractivity contribution in [2.75, 3.05) is 0 Å². The van der Waals surface area contributed by atoms with Crippen LogP contribution in [0, 0.1) is 6.92 Å². The molecule has 0 fully saturated rings. The van der Waals surface area contributed by atoms with E-state index in [0.29, 0.717) is 17.1 Å². The zero-order valence-corrected chi connectivity index (χ0v) is 10.5. The normalized spacial score (nSPS) is 12.7. The SMILES string of the molecule is Cc1nn(C)c(Cl)c1C(O)Cc1ccncc1. The lowest BCUT2D eigenvalue weighted by molar-refractivity contribution is 0.178. The Morgan fingerprint density at radius 3 is 2.59 bits per heavy atom. The number of aromatic nitrogens is 3. The van der Waals surface area contributed by atoms with Gasteiger partial charge in [0.1, 0.15) is 5.15 Å². The molecule has 1 atom stereocenters. The molecule has 2 aromatic heterocycles. The minimum absolute atomic E-state index is 0.490. The van der Waals surface area contributed by atoms with Crippen molar-refractivity contribution in [3.63, 3.8) is 0 Å². The molecule has 90 valence electrons. The zero-order chi connectivity index (χ0) is 12.4. The number of aliphatic hydroxyl groups is 1. The summed E-state index contributed by atoms with van der Waals surface area (Å²) < 4.78 is 1.57. The zero-order valence-electron chi connectivity index (χ0n) is 9.76. The average Bonchev–Trinajstić information content (AvgIpc) is 2.54. The van der Waals surface area contributed by atoms with Gasteiger partial charge >= 0.3 is 0 Å². The first-order valence-corrected chi connectivity index (χ1v) is 5.73. The minimum atomic E-state index is -0.640. The molecule has 5 heteroatoms.